The minimum Gasteiger partial charge on any atom is -0.319 e. The summed E-state index contributed by atoms with van der Waals surface area (Å²) in [6.45, 7) is 1.75. The highest BCUT2D eigenvalue weighted by Crippen LogP contribution is 2.37. The van der Waals surface area contributed by atoms with Gasteiger partial charge in [-0.05, 0) is 58.8 Å². The van der Waals surface area contributed by atoms with Crippen LogP contribution in [0.25, 0.3) is 5.69 Å². The second-order valence-electron chi connectivity index (χ2n) is 7.03. The van der Waals surface area contributed by atoms with Crippen molar-refractivity contribution in [2.24, 2.45) is 0 Å². The number of anilines is 1. The molecular formula is C22H17ClN6O3S. The number of carbonyl (C=O) groups is 1. The van der Waals surface area contributed by atoms with E-state index < -0.39 is 16.1 Å². The van der Waals surface area contributed by atoms with E-state index in [1.165, 1.54) is 16.8 Å². The zero-order valence-corrected chi connectivity index (χ0v) is 18.8. The Hall–Kier alpha value is -3.76. The smallest absolute Gasteiger partial charge is 0.293 e. The monoisotopic (exact) mass is 480 g/mol. The van der Waals surface area contributed by atoms with Crippen molar-refractivity contribution in [1.82, 2.24) is 20.2 Å². The molecule has 0 aliphatic heterocycles. The Morgan fingerprint density at radius 3 is 2.55 bits per heavy atom. The molecule has 1 unspecified atom stereocenters. The summed E-state index contributed by atoms with van der Waals surface area (Å²) in [6.07, 6.45) is 0. The van der Waals surface area contributed by atoms with Crippen LogP contribution in [0.15, 0.2) is 78.0 Å². The molecule has 0 bridgehead atoms. The van der Waals surface area contributed by atoms with E-state index in [0.717, 1.165) is 17.3 Å². The van der Waals surface area contributed by atoms with Crippen molar-refractivity contribution in [1.29, 1.82) is 0 Å². The fourth-order valence-electron chi connectivity index (χ4n) is 3.10. The van der Waals surface area contributed by atoms with Gasteiger partial charge in [-0.1, -0.05) is 59.8 Å². The quantitative estimate of drug-likeness (QED) is 0.224. The summed E-state index contributed by atoms with van der Waals surface area (Å²) in [4.78, 5) is 24.3. The molecule has 1 atom stereocenters. The molecule has 1 N–H and O–H groups in total. The maximum Gasteiger partial charge on any atom is 0.293 e. The van der Waals surface area contributed by atoms with Crippen molar-refractivity contribution in [2.75, 3.05) is 5.32 Å². The van der Waals surface area contributed by atoms with Crippen molar-refractivity contribution in [3.8, 4) is 5.69 Å². The van der Waals surface area contributed by atoms with Gasteiger partial charge in [0.1, 0.15) is 10.9 Å². The molecule has 9 nitrogen and oxygen atoms in total. The van der Waals surface area contributed by atoms with Gasteiger partial charge >= 0.3 is 0 Å². The molecule has 1 amide bonds. The Kier molecular flexibility index (Phi) is 6.66. The average Bonchev–Trinajstić information content (AvgIpc) is 3.28. The van der Waals surface area contributed by atoms with Crippen molar-refractivity contribution in [3.63, 3.8) is 0 Å². The fourth-order valence-corrected chi connectivity index (χ4v) is 4.22. The number of aromatic nitrogens is 4. The number of nitro benzene ring substituents is 1. The Morgan fingerprint density at radius 1 is 1.12 bits per heavy atom. The largest absolute Gasteiger partial charge is 0.319 e. The number of nitro groups is 1. The molecule has 166 valence electrons. The lowest BCUT2D eigenvalue weighted by Crippen LogP contribution is -2.20. The first-order valence-corrected chi connectivity index (χ1v) is 11.0. The van der Waals surface area contributed by atoms with Crippen LogP contribution in [0, 0.1) is 17.0 Å². The predicted molar refractivity (Wildman–Crippen MR) is 126 cm³/mol. The van der Waals surface area contributed by atoms with Gasteiger partial charge in [0, 0.05) is 11.1 Å². The number of nitrogens with zero attached hydrogens (tertiary/aromatic N) is 5. The Morgan fingerprint density at radius 2 is 1.85 bits per heavy atom. The summed E-state index contributed by atoms with van der Waals surface area (Å²) < 4.78 is 1.50. The molecular weight excluding hydrogens is 464 g/mol. The summed E-state index contributed by atoms with van der Waals surface area (Å²) >= 11 is 7.10. The lowest BCUT2D eigenvalue weighted by molar-refractivity contribution is -0.384. The Balaban J connectivity index is 1.67. The van der Waals surface area contributed by atoms with Crippen LogP contribution in [0.5, 0.6) is 0 Å². The second-order valence-corrected chi connectivity index (χ2v) is 8.53. The van der Waals surface area contributed by atoms with Gasteiger partial charge in [-0.2, -0.15) is 4.68 Å². The zero-order valence-electron chi connectivity index (χ0n) is 17.3. The van der Waals surface area contributed by atoms with E-state index in [1.807, 2.05) is 18.2 Å². The van der Waals surface area contributed by atoms with Crippen LogP contribution >= 0.6 is 23.4 Å². The molecule has 4 rings (SSSR count). The molecule has 0 saturated carbocycles. The van der Waals surface area contributed by atoms with Gasteiger partial charge in [0.25, 0.3) is 5.69 Å². The van der Waals surface area contributed by atoms with Crippen LogP contribution in [0.1, 0.15) is 16.4 Å². The minimum atomic E-state index is -0.774. The molecule has 4 aromatic rings. The number of aryl methyl sites for hydroxylation is 1. The first-order chi connectivity index (χ1) is 15.9. The van der Waals surface area contributed by atoms with E-state index in [1.54, 1.807) is 49.4 Å². The van der Waals surface area contributed by atoms with E-state index in [-0.39, 0.29) is 11.4 Å². The molecule has 1 heterocycles. The standard InChI is InChI=1S/C22H17ClN6O3S/c1-14-7-12-18(19(13-14)29(31)32)24-21(30)20(15-5-3-2-4-6-15)33-22-25-26-27-28(22)17-10-8-16(23)9-11-17/h2-13,20H,1H3,(H,24,30). The molecule has 3 aromatic carbocycles. The first-order valence-electron chi connectivity index (χ1n) is 9.74. The van der Waals surface area contributed by atoms with Crippen LogP contribution in [-0.2, 0) is 4.79 Å². The molecule has 0 aliphatic rings. The van der Waals surface area contributed by atoms with E-state index >= 15 is 0 Å². The highest BCUT2D eigenvalue weighted by Gasteiger charge is 2.27. The predicted octanol–water partition coefficient (Wildman–Crippen LogP) is 5.00. The average molecular weight is 481 g/mol. The van der Waals surface area contributed by atoms with E-state index in [4.69, 9.17) is 11.6 Å². The van der Waals surface area contributed by atoms with Gasteiger partial charge in [0.2, 0.25) is 11.1 Å². The van der Waals surface area contributed by atoms with Crippen LogP contribution in [0.2, 0.25) is 5.02 Å². The zero-order chi connectivity index (χ0) is 23.4. The lowest BCUT2D eigenvalue weighted by atomic mass is 10.1. The van der Waals surface area contributed by atoms with Crippen molar-refractivity contribution in [3.05, 3.63) is 99.1 Å². The third-order valence-electron chi connectivity index (χ3n) is 4.68. The molecule has 11 heteroatoms. The molecule has 0 aliphatic carbocycles. The molecule has 0 spiro atoms. The fraction of sp³-hybridized carbons (Fsp3) is 0.0909. The van der Waals surface area contributed by atoms with Crippen LogP contribution in [0.3, 0.4) is 0 Å². The number of hydrogen-bond acceptors (Lipinski definition) is 7. The number of amides is 1. The van der Waals surface area contributed by atoms with Gasteiger partial charge < -0.3 is 5.32 Å². The van der Waals surface area contributed by atoms with Gasteiger partial charge in [-0.3, -0.25) is 14.9 Å². The number of tetrazole rings is 1. The van der Waals surface area contributed by atoms with Crippen LogP contribution in [-0.4, -0.2) is 31.0 Å². The van der Waals surface area contributed by atoms with Crippen LogP contribution in [0.4, 0.5) is 11.4 Å². The Labute approximate surface area is 197 Å². The van der Waals surface area contributed by atoms with E-state index in [0.29, 0.717) is 21.4 Å². The number of thioether (sulfide) groups is 1. The maximum atomic E-state index is 13.3. The summed E-state index contributed by atoms with van der Waals surface area (Å²) in [5, 5.41) is 26.2. The molecule has 0 fully saturated rings. The topological polar surface area (TPSA) is 116 Å². The van der Waals surface area contributed by atoms with Crippen molar-refractivity contribution < 1.29 is 9.72 Å². The summed E-state index contributed by atoms with van der Waals surface area (Å²) in [7, 11) is 0. The molecule has 0 radical (unpaired) electrons. The second kappa shape index (κ2) is 9.80. The minimum absolute atomic E-state index is 0.120. The normalized spacial score (nSPS) is 11.7. The number of halogens is 1. The SMILES string of the molecule is Cc1ccc(NC(=O)C(Sc2nnnn2-c2ccc(Cl)cc2)c2ccccc2)c([N+](=O)[O-])c1. The number of benzene rings is 3. The van der Waals surface area contributed by atoms with Crippen molar-refractivity contribution in [2.45, 2.75) is 17.3 Å². The van der Waals surface area contributed by atoms with E-state index in [9.17, 15) is 14.9 Å². The lowest BCUT2D eigenvalue weighted by Gasteiger charge is -2.17. The van der Waals surface area contributed by atoms with Crippen LogP contribution < -0.4 is 5.32 Å². The van der Waals surface area contributed by atoms with Gasteiger partial charge in [-0.15, -0.1) is 5.10 Å². The van der Waals surface area contributed by atoms with Gasteiger partial charge in [-0.25, -0.2) is 0 Å². The van der Waals surface area contributed by atoms with E-state index in [2.05, 4.69) is 20.8 Å². The molecule has 33 heavy (non-hydrogen) atoms. The third kappa shape index (κ3) is 5.18. The van der Waals surface area contributed by atoms with Gasteiger partial charge in [0.15, 0.2) is 0 Å². The molecule has 0 saturated heterocycles. The number of hydrogen-bond donors (Lipinski definition) is 1. The summed E-state index contributed by atoms with van der Waals surface area (Å²) in [5.74, 6) is -0.441. The Bertz CT molecular complexity index is 1300. The number of carbonyl (C=O) groups excluding carboxylic acids is 1. The maximum absolute atomic E-state index is 13.3. The van der Waals surface area contributed by atoms with Gasteiger partial charge in [0.05, 0.1) is 10.6 Å². The number of nitrogens with one attached hydrogen (secondary N) is 1. The summed E-state index contributed by atoms with van der Waals surface area (Å²) in [6, 6.07) is 20.7. The molecule has 1 aromatic heterocycles. The number of rotatable bonds is 7. The summed E-state index contributed by atoms with van der Waals surface area (Å²) in [5.41, 5.74) is 2.03. The third-order valence-corrected chi connectivity index (χ3v) is 6.12. The first kappa shape index (κ1) is 22.4. The highest BCUT2D eigenvalue weighted by atomic mass is 35.5. The van der Waals surface area contributed by atoms with Crippen molar-refractivity contribution >= 4 is 40.6 Å². The highest BCUT2D eigenvalue weighted by molar-refractivity contribution is 8.00.